The van der Waals surface area contributed by atoms with Crippen molar-refractivity contribution in [2.24, 2.45) is 11.5 Å². The number of hydrazine groups is 1. The molecular weight excluding hydrogens is 542 g/mol. The van der Waals surface area contributed by atoms with Crippen LogP contribution in [0.15, 0.2) is 71.6 Å². The molecule has 2 amide bonds. The van der Waals surface area contributed by atoms with Crippen molar-refractivity contribution in [2.75, 3.05) is 30.5 Å². The molecule has 6 N–H and O–H groups in total. The Kier molecular flexibility index (Phi) is 10.6. The summed E-state index contributed by atoms with van der Waals surface area (Å²) in [6.07, 6.45) is 4.10. The summed E-state index contributed by atoms with van der Waals surface area (Å²) in [4.78, 5) is 40.9. The van der Waals surface area contributed by atoms with Crippen LogP contribution in [0.4, 0.5) is 11.4 Å². The molecule has 0 aliphatic carbocycles. The van der Waals surface area contributed by atoms with Crippen LogP contribution in [0.5, 0.6) is 0 Å². The number of aryl methyl sites for hydroxylation is 1. The topological polar surface area (TPSA) is 158 Å². The van der Waals surface area contributed by atoms with Crippen LogP contribution < -0.4 is 27.2 Å². The third kappa shape index (κ3) is 7.70. The number of nitrogens with two attached hydrogens (primary N) is 2. The molecule has 0 saturated heterocycles. The van der Waals surface area contributed by atoms with Gasteiger partial charge in [0.15, 0.2) is 0 Å². The number of aromatic nitrogens is 2. The van der Waals surface area contributed by atoms with Crippen molar-refractivity contribution in [3.05, 3.63) is 88.6 Å². The maximum atomic E-state index is 11.9. The first-order valence-corrected chi connectivity index (χ1v) is 13.7. The number of anilines is 2. The zero-order valence-corrected chi connectivity index (χ0v) is 24.2. The molecule has 0 bridgehead atoms. The van der Waals surface area contributed by atoms with Gasteiger partial charge in [-0.15, -0.1) is 0 Å². The van der Waals surface area contributed by atoms with Crippen molar-refractivity contribution in [1.82, 2.24) is 15.0 Å². The molecule has 0 atom stereocenters. The summed E-state index contributed by atoms with van der Waals surface area (Å²) in [7, 11) is 1.76. The Morgan fingerprint density at radius 1 is 1.10 bits per heavy atom. The number of esters is 1. The summed E-state index contributed by atoms with van der Waals surface area (Å²) in [5.74, 6) is -0.670. The number of rotatable bonds is 15. The summed E-state index contributed by atoms with van der Waals surface area (Å²) >= 11 is 1.11. The van der Waals surface area contributed by atoms with Crippen LogP contribution in [0.2, 0.25) is 0 Å². The number of thioether (sulfide) groups is 1. The Hall–Kier alpha value is -4.71. The normalized spacial score (nSPS) is 10.9. The van der Waals surface area contributed by atoms with Crippen molar-refractivity contribution in [2.45, 2.75) is 26.8 Å². The molecule has 0 radical (unpaired) electrons. The number of hydrogen-bond acceptors (Lipinski definition) is 9. The minimum Gasteiger partial charge on any atom is -0.462 e. The molecule has 1 heterocycles. The second kappa shape index (κ2) is 14.1. The van der Waals surface area contributed by atoms with Gasteiger partial charge in [-0.05, 0) is 49.4 Å². The monoisotopic (exact) mass is 577 g/mol. The first kappa shape index (κ1) is 30.8. The number of ether oxygens (including phenoxy) is 1. The fourth-order valence-corrected chi connectivity index (χ4v) is 4.69. The molecule has 2 aromatic carbocycles. The largest absolute Gasteiger partial charge is 0.462 e. The summed E-state index contributed by atoms with van der Waals surface area (Å²) in [6.45, 7) is 12.7. The highest BCUT2D eigenvalue weighted by atomic mass is 32.2. The summed E-state index contributed by atoms with van der Waals surface area (Å²) in [5, 5.41) is 5.02. The minimum absolute atomic E-state index is 0.233. The number of nitrogens with zero attached hydrogens (tertiary/aromatic N) is 3. The molecule has 1 aromatic heterocycles. The molecule has 0 saturated carbocycles. The van der Waals surface area contributed by atoms with Crippen LogP contribution in [0.25, 0.3) is 11.0 Å². The van der Waals surface area contributed by atoms with E-state index in [1.54, 1.807) is 56.6 Å². The lowest BCUT2D eigenvalue weighted by atomic mass is 10.1. The van der Waals surface area contributed by atoms with E-state index in [1.165, 1.54) is 0 Å². The van der Waals surface area contributed by atoms with Gasteiger partial charge in [0.05, 0.1) is 40.5 Å². The molecule has 3 rings (SSSR count). The highest BCUT2D eigenvalue weighted by Crippen LogP contribution is 2.28. The molecule has 0 spiro atoms. The van der Waals surface area contributed by atoms with Crippen LogP contribution in [0, 0.1) is 0 Å². The van der Waals surface area contributed by atoms with Gasteiger partial charge in [-0.3, -0.25) is 14.6 Å². The number of hydrogen-bond donors (Lipinski definition) is 4. The maximum absolute atomic E-state index is 11.9. The van der Waals surface area contributed by atoms with Gasteiger partial charge in [0, 0.05) is 42.2 Å². The first-order valence-electron chi connectivity index (χ1n) is 12.9. The lowest BCUT2D eigenvalue weighted by Gasteiger charge is -2.27. The van der Waals surface area contributed by atoms with E-state index in [-0.39, 0.29) is 11.5 Å². The van der Waals surface area contributed by atoms with E-state index in [1.807, 2.05) is 18.0 Å². The molecular formula is C29H35N7O4S. The zero-order valence-electron chi connectivity index (χ0n) is 23.4. The quantitative estimate of drug-likeness (QED) is 0.0915. The van der Waals surface area contributed by atoms with E-state index >= 15 is 0 Å². The second-order valence-electron chi connectivity index (χ2n) is 8.77. The number of carbonyl (C=O) groups is 3. The lowest BCUT2D eigenvalue weighted by Crippen LogP contribution is -2.37. The average Bonchev–Trinajstić information content (AvgIpc) is 3.31. The molecule has 3 aromatic rings. The van der Waals surface area contributed by atoms with Crippen LogP contribution in [-0.2, 0) is 22.5 Å². The second-order valence-corrected chi connectivity index (χ2v) is 9.99. The molecule has 0 aliphatic rings. The van der Waals surface area contributed by atoms with Crippen molar-refractivity contribution < 1.29 is 19.1 Å². The molecule has 41 heavy (non-hydrogen) atoms. The van der Waals surface area contributed by atoms with E-state index in [0.717, 1.165) is 28.8 Å². The smallest absolute Gasteiger partial charge is 0.344 e. The van der Waals surface area contributed by atoms with Crippen LogP contribution in [0.1, 0.15) is 40.4 Å². The highest BCUT2D eigenvalue weighted by Gasteiger charge is 2.16. The number of fused-ring (bicyclic) bond motifs is 1. The molecule has 0 fully saturated rings. The van der Waals surface area contributed by atoms with Crippen molar-refractivity contribution >= 4 is 52.0 Å². The Labute approximate surface area is 243 Å². The van der Waals surface area contributed by atoms with E-state index in [0.29, 0.717) is 46.7 Å². The Morgan fingerprint density at radius 3 is 2.41 bits per heavy atom. The standard InChI is InChI=1S/C29H35N7O4S/c1-6-26-34-23-17-21(28(31)38)8-10-24(23)35(26)14-15-36(25-11-9-20(27(30)37)16-22(25)32-5)33-13-12-18(3)41-19(4)29(39)40-7-2/h8-13,16-17,32-33H,3-4,6-7,14-15H2,1-2,5H3,(H2,30,37)(H2,31,38)/b13-12-. The number of imidazole rings is 1. The van der Waals surface area contributed by atoms with E-state index in [9.17, 15) is 14.4 Å². The third-order valence-electron chi connectivity index (χ3n) is 6.07. The zero-order chi connectivity index (χ0) is 30.1. The van der Waals surface area contributed by atoms with Crippen molar-refractivity contribution in [3.63, 3.8) is 0 Å². The number of nitrogens with one attached hydrogen (secondary N) is 2. The number of carbonyl (C=O) groups excluding carboxylic acids is 3. The van der Waals surface area contributed by atoms with Gasteiger partial charge in [0.1, 0.15) is 5.82 Å². The molecule has 0 aliphatic heterocycles. The minimum atomic E-state index is -0.532. The maximum Gasteiger partial charge on any atom is 0.344 e. The number of amides is 2. The van der Waals surface area contributed by atoms with Crippen molar-refractivity contribution in [1.29, 1.82) is 0 Å². The van der Waals surface area contributed by atoms with Gasteiger partial charge in [-0.1, -0.05) is 31.8 Å². The lowest BCUT2D eigenvalue weighted by molar-refractivity contribution is -0.137. The number of primary amides is 2. The first-order chi connectivity index (χ1) is 19.6. The predicted molar refractivity (Wildman–Crippen MR) is 164 cm³/mol. The van der Waals surface area contributed by atoms with Gasteiger partial charge in [0.25, 0.3) is 0 Å². The van der Waals surface area contributed by atoms with Crippen LogP contribution >= 0.6 is 11.8 Å². The molecule has 0 unspecified atom stereocenters. The van der Waals surface area contributed by atoms with Crippen molar-refractivity contribution in [3.8, 4) is 0 Å². The number of benzene rings is 2. The predicted octanol–water partition coefficient (Wildman–Crippen LogP) is 3.69. The third-order valence-corrected chi connectivity index (χ3v) is 6.88. The molecule has 11 nitrogen and oxygen atoms in total. The Balaban J connectivity index is 1.89. The number of allylic oxidation sites excluding steroid dienone is 1. The van der Waals surface area contributed by atoms with Gasteiger partial charge in [-0.2, -0.15) is 0 Å². The van der Waals surface area contributed by atoms with Gasteiger partial charge in [-0.25, -0.2) is 9.78 Å². The Bertz CT molecular complexity index is 1510. The van der Waals surface area contributed by atoms with E-state index in [4.69, 9.17) is 21.2 Å². The summed E-state index contributed by atoms with van der Waals surface area (Å²) in [6, 6.07) is 10.4. The SMILES string of the molecule is C=C(/C=C\NN(CCn1c(CC)nc2cc(C(N)=O)ccc21)c1ccc(C(N)=O)cc1NC)SC(=C)C(=O)OCC. The van der Waals surface area contributed by atoms with Crippen LogP contribution in [0.3, 0.4) is 0 Å². The summed E-state index contributed by atoms with van der Waals surface area (Å²) < 4.78 is 7.06. The highest BCUT2D eigenvalue weighted by molar-refractivity contribution is 8.07. The molecule has 216 valence electrons. The average molecular weight is 578 g/mol. The van der Waals surface area contributed by atoms with Gasteiger partial charge >= 0.3 is 5.97 Å². The van der Waals surface area contributed by atoms with Gasteiger partial charge in [0.2, 0.25) is 11.8 Å². The van der Waals surface area contributed by atoms with E-state index in [2.05, 4.69) is 28.5 Å². The summed E-state index contributed by atoms with van der Waals surface area (Å²) in [5.41, 5.74) is 18.0. The van der Waals surface area contributed by atoms with Gasteiger partial charge < -0.3 is 31.5 Å². The fourth-order valence-electron chi connectivity index (χ4n) is 4.10. The Morgan fingerprint density at radius 2 is 1.78 bits per heavy atom. The van der Waals surface area contributed by atoms with Crippen LogP contribution in [-0.4, -0.2) is 47.5 Å². The van der Waals surface area contributed by atoms with E-state index < -0.39 is 17.8 Å². The molecule has 12 heteroatoms. The fraction of sp³-hybridized carbons (Fsp3) is 0.241.